The second-order valence-corrected chi connectivity index (χ2v) is 3.32. The Morgan fingerprint density at radius 1 is 1.55 bits per heavy atom. The summed E-state index contributed by atoms with van der Waals surface area (Å²) in [6.07, 6.45) is 0. The van der Waals surface area contributed by atoms with Crippen LogP contribution in [0.15, 0.2) is 22.7 Å². The van der Waals surface area contributed by atoms with Crippen molar-refractivity contribution in [3.63, 3.8) is 0 Å². The third-order valence-corrected chi connectivity index (χ3v) is 2.08. The molecule has 0 bridgehead atoms. The molecule has 1 aromatic carbocycles. The van der Waals surface area contributed by atoms with E-state index in [1.54, 1.807) is 12.1 Å². The summed E-state index contributed by atoms with van der Waals surface area (Å²) in [7, 11) is 0. The molecule has 2 N–H and O–H groups in total. The van der Waals surface area contributed by atoms with Crippen molar-refractivity contribution < 1.29 is 4.39 Å². The standard InChI is InChI=1S/C8H9BrFN/c1-5(11)6-2-3-8(10)7(9)4-6/h2-5H,11H2,1H3/t5-/m1/s1. The molecule has 0 aliphatic carbocycles. The minimum absolute atomic E-state index is 0.0492. The molecule has 3 heteroatoms. The van der Waals surface area contributed by atoms with Crippen LogP contribution >= 0.6 is 15.9 Å². The first-order valence-corrected chi connectivity index (χ1v) is 4.11. The van der Waals surface area contributed by atoms with Crippen LogP contribution in [0.1, 0.15) is 18.5 Å². The highest BCUT2D eigenvalue weighted by Crippen LogP contribution is 2.19. The van der Waals surface area contributed by atoms with Crippen molar-refractivity contribution in [2.45, 2.75) is 13.0 Å². The highest BCUT2D eigenvalue weighted by Gasteiger charge is 2.02. The molecule has 0 heterocycles. The van der Waals surface area contributed by atoms with Gasteiger partial charge in [0.25, 0.3) is 0 Å². The van der Waals surface area contributed by atoms with E-state index in [2.05, 4.69) is 15.9 Å². The molecule has 0 aromatic heterocycles. The summed E-state index contributed by atoms with van der Waals surface area (Å²) < 4.78 is 13.1. The molecule has 1 rings (SSSR count). The maximum Gasteiger partial charge on any atom is 0.137 e. The molecule has 1 aromatic rings. The number of benzene rings is 1. The predicted molar refractivity (Wildman–Crippen MR) is 46.7 cm³/mol. The molecular weight excluding hydrogens is 209 g/mol. The quantitative estimate of drug-likeness (QED) is 0.770. The van der Waals surface area contributed by atoms with Gasteiger partial charge in [-0.1, -0.05) is 6.07 Å². The summed E-state index contributed by atoms with van der Waals surface area (Å²) in [5, 5.41) is 0. The summed E-state index contributed by atoms with van der Waals surface area (Å²) in [6, 6.07) is 4.74. The van der Waals surface area contributed by atoms with Crippen LogP contribution in [0.3, 0.4) is 0 Å². The third kappa shape index (κ3) is 2.01. The number of halogens is 2. The zero-order valence-corrected chi connectivity index (χ0v) is 7.73. The fourth-order valence-electron chi connectivity index (χ4n) is 0.796. The predicted octanol–water partition coefficient (Wildman–Crippen LogP) is 2.61. The van der Waals surface area contributed by atoms with Gasteiger partial charge in [0, 0.05) is 6.04 Å². The molecular formula is C8H9BrFN. The Labute approximate surface area is 73.5 Å². The zero-order valence-electron chi connectivity index (χ0n) is 6.14. The van der Waals surface area contributed by atoms with Gasteiger partial charge in [-0.2, -0.15) is 0 Å². The Hall–Kier alpha value is -0.410. The summed E-state index contributed by atoms with van der Waals surface area (Å²) in [5.41, 5.74) is 6.52. The van der Waals surface area contributed by atoms with Crippen molar-refractivity contribution in [2.75, 3.05) is 0 Å². The van der Waals surface area contributed by atoms with Gasteiger partial charge in [-0.15, -0.1) is 0 Å². The van der Waals surface area contributed by atoms with E-state index in [1.807, 2.05) is 6.92 Å². The molecule has 0 saturated heterocycles. The lowest BCUT2D eigenvalue weighted by atomic mass is 10.1. The van der Waals surface area contributed by atoms with Gasteiger partial charge in [0.05, 0.1) is 4.47 Å². The van der Waals surface area contributed by atoms with Gasteiger partial charge in [-0.25, -0.2) is 4.39 Å². The number of nitrogens with two attached hydrogens (primary N) is 1. The molecule has 0 aliphatic rings. The summed E-state index contributed by atoms with van der Waals surface area (Å²) in [6.45, 7) is 1.86. The van der Waals surface area contributed by atoms with Crippen LogP contribution in [0.4, 0.5) is 4.39 Å². The smallest absolute Gasteiger partial charge is 0.137 e. The second-order valence-electron chi connectivity index (χ2n) is 2.46. The van der Waals surface area contributed by atoms with E-state index in [0.29, 0.717) is 4.47 Å². The lowest BCUT2D eigenvalue weighted by Gasteiger charge is -2.05. The Morgan fingerprint density at radius 2 is 2.18 bits per heavy atom. The largest absolute Gasteiger partial charge is 0.324 e. The Kier molecular flexibility index (Phi) is 2.62. The van der Waals surface area contributed by atoms with Crippen LogP contribution in [-0.2, 0) is 0 Å². The molecule has 0 aliphatic heterocycles. The summed E-state index contributed by atoms with van der Waals surface area (Å²) in [4.78, 5) is 0. The minimum atomic E-state index is -0.255. The second kappa shape index (κ2) is 3.32. The van der Waals surface area contributed by atoms with Crippen LogP contribution in [0.2, 0.25) is 0 Å². The molecule has 60 valence electrons. The van der Waals surface area contributed by atoms with Crippen LogP contribution in [0.25, 0.3) is 0 Å². The first-order valence-electron chi connectivity index (χ1n) is 3.32. The van der Waals surface area contributed by atoms with Crippen molar-refractivity contribution in [1.29, 1.82) is 0 Å². The van der Waals surface area contributed by atoms with Crippen molar-refractivity contribution in [3.05, 3.63) is 34.1 Å². The zero-order chi connectivity index (χ0) is 8.43. The van der Waals surface area contributed by atoms with Gasteiger partial charge in [-0.05, 0) is 40.5 Å². The van der Waals surface area contributed by atoms with Crippen LogP contribution < -0.4 is 5.73 Å². The monoisotopic (exact) mass is 217 g/mol. The molecule has 0 unspecified atom stereocenters. The molecule has 1 atom stereocenters. The highest BCUT2D eigenvalue weighted by molar-refractivity contribution is 9.10. The average molecular weight is 218 g/mol. The number of hydrogen-bond acceptors (Lipinski definition) is 1. The van der Waals surface area contributed by atoms with Crippen molar-refractivity contribution in [2.24, 2.45) is 5.73 Å². The van der Waals surface area contributed by atoms with Gasteiger partial charge in [-0.3, -0.25) is 0 Å². The SMILES string of the molecule is C[C@@H](N)c1ccc(F)c(Br)c1. The molecule has 0 saturated carbocycles. The fraction of sp³-hybridized carbons (Fsp3) is 0.250. The van der Waals surface area contributed by atoms with E-state index >= 15 is 0 Å². The van der Waals surface area contributed by atoms with E-state index in [0.717, 1.165) is 5.56 Å². The molecule has 0 spiro atoms. The Balaban J connectivity index is 3.05. The minimum Gasteiger partial charge on any atom is -0.324 e. The molecule has 0 fully saturated rings. The average Bonchev–Trinajstić information content (AvgIpc) is 1.94. The lowest BCUT2D eigenvalue weighted by Crippen LogP contribution is -2.04. The summed E-state index contributed by atoms with van der Waals surface area (Å²) >= 11 is 3.08. The van der Waals surface area contributed by atoms with Gasteiger partial charge in [0.15, 0.2) is 0 Å². The first kappa shape index (κ1) is 8.68. The topological polar surface area (TPSA) is 26.0 Å². The van der Waals surface area contributed by atoms with Crippen molar-refractivity contribution >= 4 is 15.9 Å². The Bertz CT molecular complexity index is 260. The van der Waals surface area contributed by atoms with Gasteiger partial charge < -0.3 is 5.73 Å². The number of rotatable bonds is 1. The molecule has 0 radical (unpaired) electrons. The fourth-order valence-corrected chi connectivity index (χ4v) is 1.19. The molecule has 0 amide bonds. The summed E-state index contributed by atoms with van der Waals surface area (Å²) in [5.74, 6) is -0.255. The van der Waals surface area contributed by atoms with Crippen LogP contribution in [-0.4, -0.2) is 0 Å². The Morgan fingerprint density at radius 3 is 2.64 bits per heavy atom. The van der Waals surface area contributed by atoms with Gasteiger partial charge in [0.2, 0.25) is 0 Å². The lowest BCUT2D eigenvalue weighted by molar-refractivity contribution is 0.619. The van der Waals surface area contributed by atoms with E-state index in [9.17, 15) is 4.39 Å². The maximum atomic E-state index is 12.7. The van der Waals surface area contributed by atoms with Crippen molar-refractivity contribution in [3.8, 4) is 0 Å². The molecule has 11 heavy (non-hydrogen) atoms. The van der Waals surface area contributed by atoms with Gasteiger partial charge in [0.1, 0.15) is 5.82 Å². The highest BCUT2D eigenvalue weighted by atomic mass is 79.9. The van der Waals surface area contributed by atoms with Crippen molar-refractivity contribution in [1.82, 2.24) is 0 Å². The van der Waals surface area contributed by atoms with Crippen LogP contribution in [0, 0.1) is 5.82 Å². The van der Waals surface area contributed by atoms with E-state index in [-0.39, 0.29) is 11.9 Å². The van der Waals surface area contributed by atoms with Crippen LogP contribution in [0.5, 0.6) is 0 Å². The maximum absolute atomic E-state index is 12.7. The van der Waals surface area contributed by atoms with E-state index < -0.39 is 0 Å². The first-order chi connectivity index (χ1) is 5.11. The number of hydrogen-bond donors (Lipinski definition) is 1. The third-order valence-electron chi connectivity index (χ3n) is 1.47. The molecule has 1 nitrogen and oxygen atoms in total. The van der Waals surface area contributed by atoms with E-state index in [4.69, 9.17) is 5.73 Å². The normalized spacial score (nSPS) is 13.1. The van der Waals surface area contributed by atoms with E-state index in [1.165, 1.54) is 6.07 Å². The van der Waals surface area contributed by atoms with Gasteiger partial charge >= 0.3 is 0 Å².